The van der Waals surface area contributed by atoms with Crippen molar-refractivity contribution in [2.75, 3.05) is 0 Å². The third-order valence-corrected chi connectivity index (χ3v) is 6.90. The van der Waals surface area contributed by atoms with Crippen LogP contribution in [0.4, 0.5) is 5.69 Å². The fraction of sp³-hybridized carbons (Fsp3) is 0. The van der Waals surface area contributed by atoms with E-state index in [-0.39, 0.29) is 5.69 Å². The summed E-state index contributed by atoms with van der Waals surface area (Å²) in [6, 6.07) is 32.3. The van der Waals surface area contributed by atoms with Crippen LogP contribution < -0.4 is 5.43 Å². The molecule has 1 N–H and O–H groups in total. The molecular weight excluding hydrogens is 546 g/mol. The minimum atomic E-state index is -0.490. The van der Waals surface area contributed by atoms with Crippen molar-refractivity contribution in [3.8, 4) is 22.5 Å². The first-order chi connectivity index (χ1) is 19.5. The standard InChI is InChI=1S/C30H20ClN5O3S/c31-24-13-7-12-22(16-24)29(37)35-32-19-23-17-25(36(38)39)14-15-28(23)40-30-33-26(20-8-3-1-4-9-20)18-27(34-30)21-10-5-2-6-11-21/h1-19H,(H,35,37)/b32-19+. The van der Waals surface area contributed by atoms with E-state index in [1.807, 2.05) is 66.7 Å². The quantitative estimate of drug-likeness (QED) is 0.0915. The number of benzene rings is 4. The fourth-order valence-electron chi connectivity index (χ4n) is 3.78. The van der Waals surface area contributed by atoms with Gasteiger partial charge in [-0.2, -0.15) is 5.10 Å². The predicted molar refractivity (Wildman–Crippen MR) is 157 cm³/mol. The van der Waals surface area contributed by atoms with Crippen LogP contribution in [0.3, 0.4) is 0 Å². The molecule has 5 rings (SSSR count). The number of aromatic nitrogens is 2. The van der Waals surface area contributed by atoms with E-state index in [0.29, 0.717) is 26.2 Å². The maximum Gasteiger partial charge on any atom is 0.271 e. The highest BCUT2D eigenvalue weighted by molar-refractivity contribution is 7.99. The zero-order chi connectivity index (χ0) is 27.9. The van der Waals surface area contributed by atoms with E-state index in [9.17, 15) is 14.9 Å². The second kappa shape index (κ2) is 12.3. The normalized spacial score (nSPS) is 10.9. The Labute approximate surface area is 238 Å². The summed E-state index contributed by atoms with van der Waals surface area (Å²) in [5.74, 6) is -0.468. The van der Waals surface area contributed by atoms with Gasteiger partial charge < -0.3 is 0 Å². The van der Waals surface area contributed by atoms with E-state index in [1.165, 1.54) is 36.2 Å². The minimum absolute atomic E-state index is 0.115. The molecule has 0 radical (unpaired) electrons. The molecule has 40 heavy (non-hydrogen) atoms. The van der Waals surface area contributed by atoms with Gasteiger partial charge in [0.15, 0.2) is 5.16 Å². The van der Waals surface area contributed by atoms with Crippen LogP contribution in [0.5, 0.6) is 0 Å². The molecule has 0 spiro atoms. The van der Waals surface area contributed by atoms with Crippen LogP contribution in [-0.2, 0) is 0 Å². The third-order valence-electron chi connectivity index (χ3n) is 5.71. The van der Waals surface area contributed by atoms with E-state index in [4.69, 9.17) is 21.6 Å². The number of halogens is 1. The summed E-state index contributed by atoms with van der Waals surface area (Å²) in [5, 5.41) is 16.4. The largest absolute Gasteiger partial charge is 0.271 e. The van der Waals surface area contributed by atoms with Crippen LogP contribution in [-0.4, -0.2) is 27.0 Å². The molecule has 0 saturated carbocycles. The molecule has 0 fully saturated rings. The summed E-state index contributed by atoms with van der Waals surface area (Å²) < 4.78 is 0. The molecule has 8 nitrogen and oxygen atoms in total. The third kappa shape index (κ3) is 6.58. The van der Waals surface area contributed by atoms with Crippen molar-refractivity contribution in [3.05, 3.63) is 135 Å². The number of carbonyl (C=O) groups excluding carboxylic acids is 1. The van der Waals surface area contributed by atoms with Crippen LogP contribution in [0, 0.1) is 10.1 Å². The number of carbonyl (C=O) groups is 1. The maximum absolute atomic E-state index is 12.5. The highest BCUT2D eigenvalue weighted by atomic mass is 35.5. The number of nitro groups is 1. The number of hydrogen-bond acceptors (Lipinski definition) is 7. The topological polar surface area (TPSA) is 110 Å². The maximum atomic E-state index is 12.5. The van der Waals surface area contributed by atoms with Crippen LogP contribution in [0.1, 0.15) is 15.9 Å². The number of nitrogens with zero attached hydrogens (tertiary/aromatic N) is 4. The molecule has 196 valence electrons. The van der Waals surface area contributed by atoms with Gasteiger partial charge in [-0.25, -0.2) is 15.4 Å². The Balaban J connectivity index is 1.49. The molecule has 0 saturated heterocycles. The van der Waals surface area contributed by atoms with E-state index >= 15 is 0 Å². The lowest BCUT2D eigenvalue weighted by Crippen LogP contribution is -2.17. The van der Waals surface area contributed by atoms with Gasteiger partial charge in [0, 0.05) is 44.3 Å². The van der Waals surface area contributed by atoms with Gasteiger partial charge in [-0.15, -0.1) is 0 Å². The van der Waals surface area contributed by atoms with E-state index in [2.05, 4.69) is 10.5 Å². The van der Waals surface area contributed by atoms with Crippen molar-refractivity contribution in [2.24, 2.45) is 5.10 Å². The van der Waals surface area contributed by atoms with Crippen molar-refractivity contribution in [1.82, 2.24) is 15.4 Å². The number of rotatable bonds is 8. The molecule has 0 aliphatic rings. The SMILES string of the molecule is O=C(N/N=C/c1cc([N+](=O)[O-])ccc1Sc1nc(-c2ccccc2)cc(-c2ccccc2)n1)c1cccc(Cl)c1. The molecule has 0 unspecified atom stereocenters. The number of nitro benzene ring substituents is 1. The van der Waals surface area contributed by atoms with Gasteiger partial charge in [-0.3, -0.25) is 14.9 Å². The highest BCUT2D eigenvalue weighted by Gasteiger charge is 2.15. The highest BCUT2D eigenvalue weighted by Crippen LogP contribution is 2.33. The zero-order valence-corrected chi connectivity index (χ0v) is 22.3. The molecule has 1 aromatic heterocycles. The fourth-order valence-corrected chi connectivity index (χ4v) is 4.82. The monoisotopic (exact) mass is 565 g/mol. The number of nitrogens with one attached hydrogen (secondary N) is 1. The van der Waals surface area contributed by atoms with E-state index in [1.54, 1.807) is 24.3 Å². The Bertz CT molecular complexity index is 1660. The first-order valence-electron chi connectivity index (χ1n) is 12.0. The lowest BCUT2D eigenvalue weighted by atomic mass is 10.1. The number of amides is 1. The van der Waals surface area contributed by atoms with Crippen molar-refractivity contribution in [1.29, 1.82) is 0 Å². The summed E-state index contributed by atoms with van der Waals surface area (Å²) in [6.07, 6.45) is 1.36. The predicted octanol–water partition coefficient (Wildman–Crippen LogP) is 7.29. The van der Waals surface area contributed by atoms with Crippen molar-refractivity contribution < 1.29 is 9.72 Å². The first kappa shape index (κ1) is 26.7. The van der Waals surface area contributed by atoms with Crippen LogP contribution >= 0.6 is 23.4 Å². The molecule has 4 aromatic carbocycles. The van der Waals surface area contributed by atoms with E-state index in [0.717, 1.165) is 22.5 Å². The first-order valence-corrected chi connectivity index (χ1v) is 13.2. The lowest BCUT2D eigenvalue weighted by Gasteiger charge is -2.10. The summed E-state index contributed by atoms with van der Waals surface area (Å²) in [5.41, 5.74) is 6.41. The Morgan fingerprint density at radius 2 is 1.50 bits per heavy atom. The molecule has 0 bridgehead atoms. The Hall–Kier alpha value is -4.86. The van der Waals surface area contributed by atoms with Crippen LogP contribution in [0.15, 0.2) is 124 Å². The second-order valence-electron chi connectivity index (χ2n) is 8.44. The molecule has 5 aromatic rings. The van der Waals surface area contributed by atoms with Gasteiger partial charge in [-0.05, 0) is 42.1 Å². The van der Waals surface area contributed by atoms with E-state index < -0.39 is 10.8 Å². The molecule has 10 heteroatoms. The van der Waals surface area contributed by atoms with Gasteiger partial charge in [0.05, 0.1) is 22.5 Å². The minimum Gasteiger partial charge on any atom is -0.267 e. The Morgan fingerprint density at radius 1 is 0.850 bits per heavy atom. The average molecular weight is 566 g/mol. The Morgan fingerprint density at radius 3 is 2.10 bits per heavy atom. The molecule has 0 aliphatic heterocycles. The average Bonchev–Trinajstić information content (AvgIpc) is 2.98. The molecule has 1 amide bonds. The van der Waals surface area contributed by atoms with Gasteiger partial charge in [0.2, 0.25) is 0 Å². The summed E-state index contributed by atoms with van der Waals surface area (Å²) >= 11 is 7.21. The summed E-state index contributed by atoms with van der Waals surface area (Å²) in [6.45, 7) is 0. The molecule has 0 atom stereocenters. The van der Waals surface area contributed by atoms with Crippen LogP contribution in [0.25, 0.3) is 22.5 Å². The van der Waals surface area contributed by atoms with Crippen molar-refractivity contribution in [3.63, 3.8) is 0 Å². The molecular formula is C30H20ClN5O3S. The number of hydrogen-bond donors (Lipinski definition) is 1. The number of non-ortho nitro benzene ring substituents is 1. The van der Waals surface area contributed by atoms with Crippen molar-refractivity contribution >= 4 is 41.2 Å². The lowest BCUT2D eigenvalue weighted by molar-refractivity contribution is -0.384. The van der Waals surface area contributed by atoms with Crippen molar-refractivity contribution in [2.45, 2.75) is 10.1 Å². The van der Waals surface area contributed by atoms with Gasteiger partial charge >= 0.3 is 0 Å². The smallest absolute Gasteiger partial charge is 0.267 e. The Kier molecular flexibility index (Phi) is 8.24. The summed E-state index contributed by atoms with van der Waals surface area (Å²) in [4.78, 5) is 33.6. The second-order valence-corrected chi connectivity index (χ2v) is 9.89. The zero-order valence-electron chi connectivity index (χ0n) is 20.8. The number of hydrazone groups is 1. The van der Waals surface area contributed by atoms with Gasteiger partial charge in [0.25, 0.3) is 11.6 Å². The molecule has 1 heterocycles. The molecule has 0 aliphatic carbocycles. The van der Waals surface area contributed by atoms with Crippen LogP contribution in [0.2, 0.25) is 5.02 Å². The van der Waals surface area contributed by atoms with Gasteiger partial charge in [0.1, 0.15) is 0 Å². The summed E-state index contributed by atoms with van der Waals surface area (Å²) in [7, 11) is 0. The van der Waals surface area contributed by atoms with Gasteiger partial charge in [-0.1, -0.05) is 78.3 Å².